The molecule has 6 nitrogen and oxygen atoms in total. The Hall–Kier alpha value is -1.50. The fraction of sp³-hybridized carbons (Fsp3) is 0.583. The molecule has 108 valence electrons. The van der Waals surface area contributed by atoms with Crippen LogP contribution in [0.5, 0.6) is 0 Å². The highest BCUT2D eigenvalue weighted by atomic mass is 32.2. The lowest BCUT2D eigenvalue weighted by molar-refractivity contribution is 0.206. The molecule has 1 unspecified atom stereocenters. The largest absolute Gasteiger partial charge is 0.467 e. The van der Waals surface area contributed by atoms with E-state index in [1.165, 1.54) is 11.2 Å². The molecule has 7 heteroatoms. The molecule has 0 radical (unpaired) electrons. The summed E-state index contributed by atoms with van der Waals surface area (Å²) in [5.41, 5.74) is 0. The Labute approximate surface area is 113 Å². The number of sulfone groups is 1. The van der Waals surface area contributed by atoms with E-state index in [2.05, 4.69) is 5.32 Å². The van der Waals surface area contributed by atoms with Gasteiger partial charge in [-0.1, -0.05) is 6.92 Å². The first kappa shape index (κ1) is 15.6. The van der Waals surface area contributed by atoms with Crippen LogP contribution in [0, 0.1) is 0 Å². The van der Waals surface area contributed by atoms with Crippen molar-refractivity contribution in [1.82, 2.24) is 10.2 Å². The Kier molecular flexibility index (Phi) is 5.41. The van der Waals surface area contributed by atoms with Crippen LogP contribution in [0.4, 0.5) is 4.79 Å². The number of furan rings is 1. The van der Waals surface area contributed by atoms with E-state index in [9.17, 15) is 13.2 Å². The van der Waals surface area contributed by atoms with E-state index >= 15 is 0 Å². The molecule has 2 amide bonds. The lowest BCUT2D eigenvalue weighted by atomic mass is 10.2. The van der Waals surface area contributed by atoms with Crippen molar-refractivity contribution < 1.29 is 17.6 Å². The molecule has 1 N–H and O–H groups in total. The number of nitrogens with zero attached hydrogens (tertiary/aromatic N) is 1. The summed E-state index contributed by atoms with van der Waals surface area (Å²) in [5.74, 6) is 0.719. The normalized spacial score (nSPS) is 13.0. The van der Waals surface area contributed by atoms with Crippen LogP contribution in [0.3, 0.4) is 0 Å². The van der Waals surface area contributed by atoms with E-state index in [4.69, 9.17) is 4.42 Å². The Morgan fingerprint density at radius 1 is 1.53 bits per heavy atom. The summed E-state index contributed by atoms with van der Waals surface area (Å²) in [6, 6.07) is 2.94. The van der Waals surface area contributed by atoms with E-state index in [-0.39, 0.29) is 30.1 Å². The van der Waals surface area contributed by atoms with Gasteiger partial charge in [0.15, 0.2) is 9.84 Å². The van der Waals surface area contributed by atoms with Crippen molar-refractivity contribution >= 4 is 15.9 Å². The lowest BCUT2D eigenvalue weighted by Gasteiger charge is -2.20. The molecule has 1 rings (SSSR count). The van der Waals surface area contributed by atoms with Crippen LogP contribution < -0.4 is 5.32 Å². The number of carbonyl (C=O) groups is 1. The summed E-state index contributed by atoms with van der Waals surface area (Å²) in [4.78, 5) is 13.2. The second kappa shape index (κ2) is 6.60. The second-order valence-electron chi connectivity index (χ2n) is 4.34. The van der Waals surface area contributed by atoms with E-state index in [0.29, 0.717) is 5.76 Å². The summed E-state index contributed by atoms with van der Waals surface area (Å²) < 4.78 is 27.9. The summed E-state index contributed by atoms with van der Waals surface area (Å²) in [6.07, 6.45) is 1.54. The predicted molar refractivity (Wildman–Crippen MR) is 72.6 cm³/mol. The van der Waals surface area contributed by atoms with Crippen molar-refractivity contribution in [3.8, 4) is 0 Å². The average molecular weight is 288 g/mol. The van der Waals surface area contributed by atoms with Gasteiger partial charge in [0.05, 0.1) is 18.1 Å². The number of hydrogen-bond acceptors (Lipinski definition) is 4. The molecular weight excluding hydrogens is 268 g/mol. The fourth-order valence-electron chi connectivity index (χ4n) is 1.43. The second-order valence-corrected chi connectivity index (χ2v) is 6.82. The van der Waals surface area contributed by atoms with Crippen molar-refractivity contribution in [3.63, 3.8) is 0 Å². The number of urea groups is 1. The minimum Gasteiger partial charge on any atom is -0.467 e. The average Bonchev–Trinajstić information content (AvgIpc) is 2.89. The molecule has 0 saturated carbocycles. The lowest BCUT2D eigenvalue weighted by Crippen LogP contribution is -2.40. The first-order valence-corrected chi connectivity index (χ1v) is 7.93. The van der Waals surface area contributed by atoms with Crippen molar-refractivity contribution in [3.05, 3.63) is 24.2 Å². The molecule has 0 aliphatic carbocycles. The maximum absolute atomic E-state index is 11.8. The third-order valence-corrected chi connectivity index (χ3v) is 4.52. The number of nitrogens with one attached hydrogen (secondary N) is 1. The zero-order valence-electron chi connectivity index (χ0n) is 11.4. The van der Waals surface area contributed by atoms with Crippen molar-refractivity contribution in [2.45, 2.75) is 19.9 Å². The highest BCUT2D eigenvalue weighted by Crippen LogP contribution is 2.12. The van der Waals surface area contributed by atoms with E-state index in [1.54, 1.807) is 33.0 Å². The van der Waals surface area contributed by atoms with Gasteiger partial charge in [0.2, 0.25) is 0 Å². The maximum Gasteiger partial charge on any atom is 0.317 e. The molecule has 0 bridgehead atoms. The van der Waals surface area contributed by atoms with Gasteiger partial charge in [-0.3, -0.25) is 0 Å². The van der Waals surface area contributed by atoms with E-state index in [0.717, 1.165) is 0 Å². The van der Waals surface area contributed by atoms with Crippen LogP contribution in [0.2, 0.25) is 0 Å². The topological polar surface area (TPSA) is 79.6 Å². The molecule has 0 aliphatic rings. The highest BCUT2D eigenvalue weighted by molar-refractivity contribution is 7.91. The standard InChI is InChI=1S/C12H20N2O4S/c1-4-19(16,17)9-7-14(3)12(15)13-10(2)11-6-5-8-18-11/h5-6,8,10H,4,7,9H2,1-3H3,(H,13,15). The summed E-state index contributed by atoms with van der Waals surface area (Å²) in [6.45, 7) is 3.56. The molecular formula is C12H20N2O4S. The number of amides is 2. The van der Waals surface area contributed by atoms with Crippen LogP contribution >= 0.6 is 0 Å². The zero-order chi connectivity index (χ0) is 14.5. The first-order chi connectivity index (χ1) is 8.85. The van der Waals surface area contributed by atoms with Crippen molar-refractivity contribution in [2.24, 2.45) is 0 Å². The van der Waals surface area contributed by atoms with Crippen molar-refractivity contribution in [2.75, 3.05) is 25.1 Å². The van der Waals surface area contributed by atoms with Crippen molar-refractivity contribution in [1.29, 1.82) is 0 Å². The van der Waals surface area contributed by atoms with Crippen LogP contribution in [-0.2, 0) is 9.84 Å². The molecule has 1 heterocycles. The highest BCUT2D eigenvalue weighted by Gasteiger charge is 2.16. The van der Waals surface area contributed by atoms with E-state index in [1.807, 2.05) is 0 Å². The van der Waals surface area contributed by atoms with Gasteiger partial charge in [0, 0.05) is 19.3 Å². The Morgan fingerprint density at radius 2 is 2.21 bits per heavy atom. The van der Waals surface area contributed by atoms with Gasteiger partial charge in [-0.05, 0) is 19.1 Å². The van der Waals surface area contributed by atoms with Crippen LogP contribution in [0.1, 0.15) is 25.6 Å². The molecule has 19 heavy (non-hydrogen) atoms. The molecule has 0 saturated heterocycles. The summed E-state index contributed by atoms with van der Waals surface area (Å²) in [5, 5.41) is 2.73. The SMILES string of the molecule is CCS(=O)(=O)CCN(C)C(=O)NC(C)c1ccco1. The van der Waals surface area contributed by atoms with Gasteiger partial charge in [-0.25, -0.2) is 13.2 Å². The molecule has 1 atom stereocenters. The molecule has 0 spiro atoms. The summed E-state index contributed by atoms with van der Waals surface area (Å²) in [7, 11) is -1.50. The Balaban J connectivity index is 2.45. The molecule has 0 fully saturated rings. The van der Waals surface area contributed by atoms with E-state index < -0.39 is 9.84 Å². The summed E-state index contributed by atoms with van der Waals surface area (Å²) >= 11 is 0. The van der Waals surface area contributed by atoms with Gasteiger partial charge in [-0.2, -0.15) is 0 Å². The number of hydrogen-bond donors (Lipinski definition) is 1. The van der Waals surface area contributed by atoms with Gasteiger partial charge in [0.25, 0.3) is 0 Å². The zero-order valence-corrected chi connectivity index (χ0v) is 12.2. The van der Waals surface area contributed by atoms with Gasteiger partial charge in [-0.15, -0.1) is 0 Å². The molecule has 1 aromatic rings. The van der Waals surface area contributed by atoms with Gasteiger partial charge in [0.1, 0.15) is 5.76 Å². The minimum atomic E-state index is -3.06. The third-order valence-electron chi connectivity index (χ3n) is 2.83. The Morgan fingerprint density at radius 3 is 2.74 bits per heavy atom. The van der Waals surface area contributed by atoms with Gasteiger partial charge < -0.3 is 14.6 Å². The number of carbonyl (C=O) groups excluding carboxylic acids is 1. The van der Waals surface area contributed by atoms with Crippen LogP contribution in [0.15, 0.2) is 22.8 Å². The third kappa shape index (κ3) is 4.94. The molecule has 0 aliphatic heterocycles. The first-order valence-electron chi connectivity index (χ1n) is 6.11. The fourth-order valence-corrected chi connectivity index (χ4v) is 2.27. The minimum absolute atomic E-state index is 0.0252. The Bertz CT molecular complexity index is 496. The monoisotopic (exact) mass is 288 g/mol. The maximum atomic E-state index is 11.8. The number of rotatable bonds is 6. The van der Waals surface area contributed by atoms with Crippen LogP contribution in [-0.4, -0.2) is 44.4 Å². The van der Waals surface area contributed by atoms with Gasteiger partial charge >= 0.3 is 6.03 Å². The predicted octanol–water partition coefficient (Wildman–Crippen LogP) is 1.42. The molecule has 0 aromatic carbocycles. The smallest absolute Gasteiger partial charge is 0.317 e. The van der Waals surface area contributed by atoms with Crippen LogP contribution in [0.25, 0.3) is 0 Å². The molecule has 1 aromatic heterocycles. The quantitative estimate of drug-likeness (QED) is 0.858.